The Morgan fingerprint density at radius 1 is 1.22 bits per heavy atom. The maximum Gasteiger partial charge on any atom is 0.263 e. The van der Waals surface area contributed by atoms with E-state index >= 15 is 0 Å². The fourth-order valence-electron chi connectivity index (χ4n) is 4.87. The molecule has 0 bridgehead atoms. The van der Waals surface area contributed by atoms with Gasteiger partial charge >= 0.3 is 0 Å². The number of aryl methyl sites for hydroxylation is 1. The third kappa shape index (κ3) is 3.56. The van der Waals surface area contributed by atoms with E-state index in [0.29, 0.717) is 41.8 Å². The number of nitrogens with zero attached hydrogens (tertiary/aromatic N) is 3. The molecule has 2 aliphatic rings. The molecule has 0 saturated heterocycles. The van der Waals surface area contributed by atoms with Crippen LogP contribution in [0.2, 0.25) is 0 Å². The first-order valence-electron chi connectivity index (χ1n) is 10.7. The Kier molecular flexibility index (Phi) is 5.40. The van der Waals surface area contributed by atoms with Crippen LogP contribution in [0.25, 0.3) is 11.0 Å². The predicted octanol–water partition coefficient (Wildman–Crippen LogP) is 2.43. The summed E-state index contributed by atoms with van der Waals surface area (Å²) in [4.78, 5) is 8.25. The summed E-state index contributed by atoms with van der Waals surface area (Å²) in [5, 5.41) is 25.4. The zero-order valence-corrected chi connectivity index (χ0v) is 17.4. The van der Waals surface area contributed by atoms with Crippen molar-refractivity contribution >= 4 is 16.9 Å². The number of anilines is 1. The lowest BCUT2D eigenvalue weighted by molar-refractivity contribution is 0.0317. The van der Waals surface area contributed by atoms with Crippen molar-refractivity contribution in [2.24, 2.45) is 0 Å². The Morgan fingerprint density at radius 3 is 2.88 bits per heavy atom. The van der Waals surface area contributed by atoms with Crippen LogP contribution >= 0.6 is 0 Å². The molecule has 2 aromatic heterocycles. The number of nitrogen functional groups attached to an aromatic ring is 1. The van der Waals surface area contributed by atoms with E-state index in [4.69, 9.17) is 5.73 Å². The Labute approximate surface area is 183 Å². The van der Waals surface area contributed by atoms with Crippen molar-refractivity contribution in [3.8, 4) is 0 Å². The summed E-state index contributed by atoms with van der Waals surface area (Å²) in [6.45, 7) is 1.42. The summed E-state index contributed by atoms with van der Waals surface area (Å²) in [6.07, 6.45) is 2.07. The average molecular weight is 441 g/mol. The molecular formula is C23H25F2N5O2. The number of hydrogen-bond donors (Lipinski definition) is 4. The van der Waals surface area contributed by atoms with Gasteiger partial charge in [-0.05, 0) is 66.3 Å². The molecule has 0 radical (unpaired) electrons. The van der Waals surface area contributed by atoms with Gasteiger partial charge in [0.2, 0.25) is 0 Å². The van der Waals surface area contributed by atoms with Gasteiger partial charge in [0.15, 0.2) is 0 Å². The SMILES string of the molecule is Nc1ncnc2c1ccn2C1C=C(CCc2cc(C(F)F)cc3c2CNCC3)C(O)[C@@H]1O. The van der Waals surface area contributed by atoms with Crippen LogP contribution < -0.4 is 11.1 Å². The highest BCUT2D eigenvalue weighted by Gasteiger charge is 2.36. The molecule has 0 saturated carbocycles. The Balaban J connectivity index is 1.42. The molecule has 0 spiro atoms. The fourth-order valence-corrected chi connectivity index (χ4v) is 4.87. The minimum absolute atomic E-state index is 0.0376. The number of aliphatic hydroxyl groups is 2. The minimum Gasteiger partial charge on any atom is -0.388 e. The van der Waals surface area contributed by atoms with Gasteiger partial charge in [-0.15, -0.1) is 0 Å². The third-order valence-corrected chi connectivity index (χ3v) is 6.56. The lowest BCUT2D eigenvalue weighted by atomic mass is 9.90. The Bertz CT molecular complexity index is 1190. The molecular weight excluding hydrogens is 416 g/mol. The van der Waals surface area contributed by atoms with Crippen LogP contribution in [0.5, 0.6) is 0 Å². The van der Waals surface area contributed by atoms with Gasteiger partial charge in [-0.3, -0.25) is 0 Å². The summed E-state index contributed by atoms with van der Waals surface area (Å²) in [5.74, 6) is 0.350. The molecule has 1 aliphatic heterocycles. The average Bonchev–Trinajstić information content (AvgIpc) is 3.34. The van der Waals surface area contributed by atoms with Crippen LogP contribution in [0.3, 0.4) is 0 Å². The van der Waals surface area contributed by atoms with Crippen LogP contribution in [0.15, 0.2) is 42.4 Å². The molecule has 2 unspecified atom stereocenters. The van der Waals surface area contributed by atoms with Gasteiger partial charge < -0.3 is 25.8 Å². The molecule has 5 N–H and O–H groups in total. The van der Waals surface area contributed by atoms with E-state index in [2.05, 4.69) is 15.3 Å². The Morgan fingerprint density at radius 2 is 2.06 bits per heavy atom. The van der Waals surface area contributed by atoms with E-state index in [0.717, 1.165) is 29.7 Å². The first-order chi connectivity index (χ1) is 15.4. The molecule has 1 aromatic carbocycles. The molecule has 7 nitrogen and oxygen atoms in total. The number of aromatic nitrogens is 3. The summed E-state index contributed by atoms with van der Waals surface area (Å²) in [5.41, 5.74) is 10.1. The summed E-state index contributed by atoms with van der Waals surface area (Å²) >= 11 is 0. The van der Waals surface area contributed by atoms with E-state index in [-0.39, 0.29) is 5.56 Å². The van der Waals surface area contributed by atoms with Gasteiger partial charge in [-0.25, -0.2) is 18.7 Å². The van der Waals surface area contributed by atoms with E-state index < -0.39 is 24.7 Å². The second-order valence-electron chi connectivity index (χ2n) is 8.43. The predicted molar refractivity (Wildman–Crippen MR) is 116 cm³/mol. The van der Waals surface area contributed by atoms with Crippen molar-refractivity contribution in [1.29, 1.82) is 0 Å². The zero-order valence-electron chi connectivity index (χ0n) is 17.4. The summed E-state index contributed by atoms with van der Waals surface area (Å²) < 4.78 is 28.6. The number of aliphatic hydroxyl groups excluding tert-OH is 2. The van der Waals surface area contributed by atoms with Gasteiger partial charge in [0.25, 0.3) is 6.43 Å². The number of benzene rings is 1. The lowest BCUT2D eigenvalue weighted by Gasteiger charge is -2.23. The molecule has 3 aromatic rings. The van der Waals surface area contributed by atoms with Gasteiger partial charge in [0.1, 0.15) is 30.0 Å². The molecule has 3 heterocycles. The van der Waals surface area contributed by atoms with E-state index in [9.17, 15) is 19.0 Å². The third-order valence-electron chi connectivity index (χ3n) is 6.56. The second-order valence-corrected chi connectivity index (χ2v) is 8.43. The van der Waals surface area contributed by atoms with Crippen LogP contribution in [0.1, 0.15) is 41.1 Å². The number of nitrogens with two attached hydrogens (primary N) is 1. The number of fused-ring (bicyclic) bond motifs is 2. The standard InChI is InChI=1S/C23H25F2N5O2/c24-21(25)15-7-12(17-10-27-5-3-13(17)8-15)1-2-14-9-18(20(32)19(14)31)30-6-4-16-22(26)28-11-29-23(16)30/h4,6-9,11,18-21,27,31-32H,1-3,5,10H2,(H2,26,28,29)/t18?,19?,20-/m1/s1. The van der Waals surface area contributed by atoms with Crippen molar-refractivity contribution in [3.63, 3.8) is 0 Å². The van der Waals surface area contributed by atoms with Crippen LogP contribution in [0.4, 0.5) is 14.6 Å². The van der Waals surface area contributed by atoms with Gasteiger partial charge in [0, 0.05) is 18.3 Å². The highest BCUT2D eigenvalue weighted by Crippen LogP contribution is 2.35. The molecule has 32 heavy (non-hydrogen) atoms. The van der Waals surface area contributed by atoms with Gasteiger partial charge in [-0.2, -0.15) is 0 Å². The molecule has 0 fully saturated rings. The first-order valence-corrected chi connectivity index (χ1v) is 10.7. The fraction of sp³-hybridized carbons (Fsp3) is 0.391. The second kappa shape index (κ2) is 8.23. The van der Waals surface area contributed by atoms with Gasteiger partial charge in [0.05, 0.1) is 11.4 Å². The largest absolute Gasteiger partial charge is 0.388 e. The summed E-state index contributed by atoms with van der Waals surface area (Å²) in [7, 11) is 0. The highest BCUT2D eigenvalue weighted by atomic mass is 19.3. The maximum atomic E-state index is 13.4. The molecule has 9 heteroatoms. The van der Waals surface area contributed by atoms with Gasteiger partial charge in [-0.1, -0.05) is 6.08 Å². The summed E-state index contributed by atoms with van der Waals surface area (Å²) in [6, 6.07) is 4.46. The quantitative estimate of drug-likeness (QED) is 0.453. The Hall–Kier alpha value is -2.88. The molecule has 0 amide bonds. The number of alkyl halides is 2. The zero-order chi connectivity index (χ0) is 22.4. The van der Waals surface area contributed by atoms with Crippen molar-refractivity contribution in [2.45, 2.75) is 50.5 Å². The monoisotopic (exact) mass is 441 g/mol. The van der Waals surface area contributed by atoms with Crippen molar-refractivity contribution < 1.29 is 19.0 Å². The number of halogens is 2. The number of nitrogens with one attached hydrogen (secondary N) is 1. The van der Waals surface area contributed by atoms with Crippen molar-refractivity contribution in [3.05, 3.63) is 64.6 Å². The van der Waals surface area contributed by atoms with Crippen LogP contribution in [-0.2, 0) is 19.4 Å². The number of hydrogen-bond acceptors (Lipinski definition) is 6. The lowest BCUT2D eigenvalue weighted by Crippen LogP contribution is -2.29. The van der Waals surface area contributed by atoms with E-state index in [1.54, 1.807) is 29.0 Å². The van der Waals surface area contributed by atoms with E-state index in [1.807, 2.05) is 6.08 Å². The topological polar surface area (TPSA) is 109 Å². The highest BCUT2D eigenvalue weighted by molar-refractivity contribution is 5.86. The maximum absolute atomic E-state index is 13.4. The molecule has 5 rings (SSSR count). The van der Waals surface area contributed by atoms with Crippen molar-refractivity contribution in [2.75, 3.05) is 12.3 Å². The minimum atomic E-state index is -2.52. The first kappa shape index (κ1) is 21.0. The molecule has 168 valence electrons. The smallest absolute Gasteiger partial charge is 0.263 e. The van der Waals surface area contributed by atoms with Crippen LogP contribution in [-0.4, -0.2) is 43.5 Å². The molecule has 3 atom stereocenters. The van der Waals surface area contributed by atoms with Crippen molar-refractivity contribution in [1.82, 2.24) is 19.9 Å². The number of rotatable bonds is 5. The van der Waals surface area contributed by atoms with Crippen LogP contribution in [0, 0.1) is 0 Å². The molecule has 1 aliphatic carbocycles. The normalized spacial score (nSPS) is 23.0. The van der Waals surface area contributed by atoms with E-state index in [1.165, 1.54) is 6.33 Å².